The Kier molecular flexibility index (Phi) is 7.94. The fraction of sp³-hybridized carbons (Fsp3) is 0.500. The minimum absolute atomic E-state index is 0.0357. The molecule has 9 heteroatoms. The lowest BCUT2D eigenvalue weighted by Gasteiger charge is -2.32. The zero-order chi connectivity index (χ0) is 20.8. The van der Waals surface area contributed by atoms with E-state index in [0.717, 1.165) is 0 Å². The van der Waals surface area contributed by atoms with Crippen LogP contribution in [-0.4, -0.2) is 49.9 Å². The molecule has 8 nitrogen and oxygen atoms in total. The molecule has 0 aromatic heterocycles. The number of esters is 1. The predicted molar refractivity (Wildman–Crippen MR) is 99.0 cm³/mol. The number of nitrogens with one attached hydrogen (secondary N) is 1. The summed E-state index contributed by atoms with van der Waals surface area (Å²) >= 11 is 0. The van der Waals surface area contributed by atoms with Crippen LogP contribution in [0, 0.1) is 11.3 Å². The van der Waals surface area contributed by atoms with E-state index in [1.807, 2.05) is 27.7 Å². The number of hydrogen-bond acceptors (Lipinski definition) is 6. The first-order valence-corrected chi connectivity index (χ1v) is 10.00. The Morgan fingerprint density at radius 1 is 1.15 bits per heavy atom. The van der Waals surface area contributed by atoms with Gasteiger partial charge in [0.2, 0.25) is 10.0 Å². The summed E-state index contributed by atoms with van der Waals surface area (Å²) in [4.78, 5) is 25.8. The van der Waals surface area contributed by atoms with Crippen molar-refractivity contribution in [1.82, 2.24) is 9.62 Å². The summed E-state index contributed by atoms with van der Waals surface area (Å²) < 4.78 is 31.7. The Bertz CT molecular complexity index is 820. The minimum Gasteiger partial charge on any atom is -0.452 e. The van der Waals surface area contributed by atoms with Gasteiger partial charge < -0.3 is 9.64 Å². The maximum atomic E-state index is 12.4. The molecule has 0 aliphatic heterocycles. The van der Waals surface area contributed by atoms with Gasteiger partial charge in [-0.1, -0.05) is 12.1 Å². The van der Waals surface area contributed by atoms with E-state index in [-0.39, 0.29) is 28.4 Å². The largest absolute Gasteiger partial charge is 0.452 e. The maximum absolute atomic E-state index is 12.4. The lowest BCUT2D eigenvalue weighted by atomic mass is 10.2. The number of hydrogen-bond donors (Lipinski definition) is 1. The van der Waals surface area contributed by atoms with Gasteiger partial charge in [0, 0.05) is 12.1 Å². The normalized spacial score (nSPS) is 12.5. The average Bonchev–Trinajstić information content (AvgIpc) is 2.59. The lowest BCUT2D eigenvalue weighted by molar-refractivity contribution is -0.160. The third-order valence-electron chi connectivity index (χ3n) is 3.73. The van der Waals surface area contributed by atoms with Crippen molar-refractivity contribution in [3.8, 4) is 6.07 Å². The van der Waals surface area contributed by atoms with Gasteiger partial charge in [0.1, 0.15) is 12.6 Å². The molecule has 0 saturated carbocycles. The number of carbonyl (C=O) groups excluding carboxylic acids is 2. The topological polar surface area (TPSA) is 117 Å². The molecule has 0 saturated heterocycles. The summed E-state index contributed by atoms with van der Waals surface area (Å²) in [6, 6.07) is 7.28. The Balaban J connectivity index is 2.75. The second-order valence-corrected chi connectivity index (χ2v) is 8.23. The second-order valence-electron chi connectivity index (χ2n) is 6.50. The van der Waals surface area contributed by atoms with Crippen molar-refractivity contribution in [3.63, 3.8) is 0 Å². The van der Waals surface area contributed by atoms with Crippen molar-refractivity contribution in [2.45, 2.75) is 57.7 Å². The highest BCUT2D eigenvalue weighted by atomic mass is 32.2. The van der Waals surface area contributed by atoms with E-state index < -0.39 is 28.6 Å². The number of rotatable bonds is 8. The summed E-state index contributed by atoms with van der Waals surface area (Å²) in [5.41, 5.74) is -0.0357. The monoisotopic (exact) mass is 395 g/mol. The quantitative estimate of drug-likeness (QED) is 0.665. The Hall–Kier alpha value is -2.44. The Morgan fingerprint density at radius 3 is 2.22 bits per heavy atom. The smallest absolute Gasteiger partial charge is 0.321 e. The van der Waals surface area contributed by atoms with E-state index >= 15 is 0 Å². The highest BCUT2D eigenvalue weighted by Gasteiger charge is 2.28. The van der Waals surface area contributed by atoms with Crippen LogP contribution in [0.3, 0.4) is 0 Å². The first kappa shape index (κ1) is 22.6. The molecule has 1 rings (SSSR count). The van der Waals surface area contributed by atoms with Crippen molar-refractivity contribution in [2.24, 2.45) is 0 Å². The van der Waals surface area contributed by atoms with Crippen molar-refractivity contribution in [1.29, 1.82) is 5.26 Å². The van der Waals surface area contributed by atoms with E-state index in [0.29, 0.717) is 0 Å². The standard InChI is InChI=1S/C18H25N3O5S/c1-12(2)21(13(3)4)18(23)14(5)26-17(22)11-20-27(24,25)16-9-7-6-8-15(16)10-19/h6-9,12-14,20H,11H2,1-5H3/t14-/m1/s1. The fourth-order valence-electron chi connectivity index (χ4n) is 2.63. The van der Waals surface area contributed by atoms with Gasteiger partial charge in [0.25, 0.3) is 5.91 Å². The minimum atomic E-state index is -4.07. The molecule has 1 atom stereocenters. The first-order chi connectivity index (χ1) is 12.5. The van der Waals surface area contributed by atoms with Gasteiger partial charge in [0.05, 0.1) is 10.5 Å². The van der Waals surface area contributed by atoms with Crippen molar-refractivity contribution in [3.05, 3.63) is 29.8 Å². The maximum Gasteiger partial charge on any atom is 0.321 e. The summed E-state index contributed by atoms with van der Waals surface area (Å²) in [5.74, 6) is -1.24. The van der Waals surface area contributed by atoms with Crippen LogP contribution in [0.25, 0.3) is 0 Å². The summed E-state index contributed by atoms with van der Waals surface area (Å²) in [6.45, 7) is 8.21. The molecule has 0 heterocycles. The Morgan fingerprint density at radius 2 is 1.70 bits per heavy atom. The molecule has 1 amide bonds. The van der Waals surface area contributed by atoms with Gasteiger partial charge in [-0.3, -0.25) is 9.59 Å². The third-order valence-corrected chi connectivity index (χ3v) is 5.19. The van der Waals surface area contributed by atoms with E-state index in [2.05, 4.69) is 4.72 Å². The van der Waals surface area contributed by atoms with Gasteiger partial charge in [-0.25, -0.2) is 8.42 Å². The van der Waals surface area contributed by atoms with Crippen LogP contribution in [0.15, 0.2) is 29.2 Å². The molecular formula is C18H25N3O5S. The average molecular weight is 395 g/mol. The Labute approximate surface area is 160 Å². The van der Waals surface area contributed by atoms with E-state index in [4.69, 9.17) is 10.00 Å². The number of benzene rings is 1. The predicted octanol–water partition coefficient (Wildman–Crippen LogP) is 1.41. The van der Waals surface area contributed by atoms with Crippen LogP contribution < -0.4 is 4.72 Å². The van der Waals surface area contributed by atoms with Crippen LogP contribution in [0.1, 0.15) is 40.2 Å². The van der Waals surface area contributed by atoms with Crippen molar-refractivity contribution >= 4 is 21.9 Å². The number of nitriles is 1. The summed E-state index contributed by atoms with van der Waals surface area (Å²) in [6.07, 6.45) is -1.04. The van der Waals surface area contributed by atoms with E-state index in [1.54, 1.807) is 11.0 Å². The van der Waals surface area contributed by atoms with Gasteiger partial charge in [-0.2, -0.15) is 9.98 Å². The third kappa shape index (κ3) is 6.05. The molecule has 148 valence electrons. The molecule has 1 aromatic carbocycles. The highest BCUT2D eigenvalue weighted by molar-refractivity contribution is 7.89. The van der Waals surface area contributed by atoms with Crippen molar-refractivity contribution < 1.29 is 22.7 Å². The van der Waals surface area contributed by atoms with Gasteiger partial charge >= 0.3 is 5.97 Å². The molecule has 0 aliphatic rings. The molecule has 0 radical (unpaired) electrons. The molecule has 0 aliphatic carbocycles. The molecule has 27 heavy (non-hydrogen) atoms. The van der Waals surface area contributed by atoms with Crippen LogP contribution in [0.2, 0.25) is 0 Å². The molecule has 0 bridgehead atoms. The van der Waals surface area contributed by atoms with Crippen molar-refractivity contribution in [2.75, 3.05) is 6.54 Å². The summed E-state index contributed by atoms with van der Waals surface area (Å²) in [5, 5.41) is 9.00. The van der Waals surface area contributed by atoms with Gasteiger partial charge in [0.15, 0.2) is 6.10 Å². The van der Waals surface area contributed by atoms with E-state index in [1.165, 1.54) is 31.2 Å². The zero-order valence-electron chi connectivity index (χ0n) is 16.1. The lowest BCUT2D eigenvalue weighted by Crippen LogP contribution is -2.48. The van der Waals surface area contributed by atoms with Crippen LogP contribution in [-0.2, 0) is 24.3 Å². The molecule has 0 spiro atoms. The van der Waals surface area contributed by atoms with Gasteiger partial charge in [-0.05, 0) is 46.8 Å². The van der Waals surface area contributed by atoms with Crippen LogP contribution in [0.4, 0.5) is 0 Å². The van der Waals surface area contributed by atoms with Gasteiger partial charge in [-0.15, -0.1) is 0 Å². The first-order valence-electron chi connectivity index (χ1n) is 8.51. The molecular weight excluding hydrogens is 370 g/mol. The number of ether oxygens (including phenoxy) is 1. The molecule has 1 aromatic rings. The molecule has 0 fully saturated rings. The van der Waals surface area contributed by atoms with Crippen LogP contribution >= 0.6 is 0 Å². The number of amides is 1. The van der Waals surface area contributed by atoms with E-state index in [9.17, 15) is 18.0 Å². The number of sulfonamides is 1. The number of nitrogens with zero attached hydrogens (tertiary/aromatic N) is 2. The summed E-state index contributed by atoms with van der Waals surface area (Å²) in [7, 11) is -4.07. The van der Waals surface area contributed by atoms with Crippen LogP contribution in [0.5, 0.6) is 0 Å². The molecule has 1 N–H and O–H groups in total. The highest BCUT2D eigenvalue weighted by Crippen LogP contribution is 2.14. The second kappa shape index (κ2) is 9.48. The zero-order valence-corrected chi connectivity index (χ0v) is 16.9. The number of carbonyl (C=O) groups is 2. The SMILES string of the molecule is CC(C)N(C(=O)[C@@H](C)OC(=O)CNS(=O)(=O)c1ccccc1C#N)C(C)C. The fourth-order valence-corrected chi connectivity index (χ4v) is 3.75. The molecule has 0 unspecified atom stereocenters.